The van der Waals surface area contributed by atoms with Gasteiger partial charge in [-0.1, -0.05) is 0 Å². The number of sulfone groups is 1. The fourth-order valence-electron chi connectivity index (χ4n) is 1.52. The quantitative estimate of drug-likeness (QED) is 0.779. The molecule has 0 saturated heterocycles. The SMILES string of the molecule is Nc1[nH]ncc1CNc1ccc(S(=O)(=O)C(F)F)cc1. The number of anilines is 2. The number of halogens is 2. The standard InChI is InChI=1S/C11H12F2N4O2S/c12-11(13)20(18,19)9-3-1-8(2-4-9)15-5-7-6-16-17-10(7)14/h1-4,6,11,15H,5H2,(H3,14,16,17). The Morgan fingerprint density at radius 1 is 1.30 bits per heavy atom. The second-order valence-electron chi connectivity index (χ2n) is 3.99. The van der Waals surface area contributed by atoms with Crippen molar-refractivity contribution >= 4 is 21.3 Å². The van der Waals surface area contributed by atoms with Crippen molar-refractivity contribution in [3.05, 3.63) is 36.0 Å². The lowest BCUT2D eigenvalue weighted by Gasteiger charge is -2.07. The number of aromatic amines is 1. The van der Waals surface area contributed by atoms with E-state index in [9.17, 15) is 17.2 Å². The van der Waals surface area contributed by atoms with Crippen LogP contribution in [0.2, 0.25) is 0 Å². The lowest BCUT2D eigenvalue weighted by molar-refractivity contribution is 0.234. The molecule has 0 aliphatic heterocycles. The van der Waals surface area contributed by atoms with Crippen LogP contribution in [-0.2, 0) is 16.4 Å². The number of nitrogens with one attached hydrogen (secondary N) is 2. The third kappa shape index (κ3) is 2.87. The maximum absolute atomic E-state index is 12.3. The van der Waals surface area contributed by atoms with Gasteiger partial charge in [0.25, 0.3) is 0 Å². The zero-order valence-corrected chi connectivity index (χ0v) is 11.0. The maximum Gasteiger partial charge on any atom is 0.341 e. The predicted octanol–water partition coefficient (Wildman–Crippen LogP) is 1.60. The number of alkyl halides is 2. The maximum atomic E-state index is 12.3. The predicted molar refractivity (Wildman–Crippen MR) is 70.0 cm³/mol. The van der Waals surface area contributed by atoms with E-state index in [0.29, 0.717) is 18.1 Å². The Balaban J connectivity index is 2.08. The van der Waals surface area contributed by atoms with Crippen LogP contribution in [0.1, 0.15) is 5.56 Å². The van der Waals surface area contributed by atoms with E-state index in [0.717, 1.165) is 17.7 Å². The molecule has 0 fully saturated rings. The number of nitrogens with two attached hydrogens (primary N) is 1. The lowest BCUT2D eigenvalue weighted by Crippen LogP contribution is -2.11. The Morgan fingerprint density at radius 3 is 2.45 bits per heavy atom. The lowest BCUT2D eigenvalue weighted by atomic mass is 10.3. The van der Waals surface area contributed by atoms with Crippen molar-refractivity contribution < 1.29 is 17.2 Å². The Labute approximate surface area is 113 Å². The van der Waals surface area contributed by atoms with E-state index < -0.39 is 20.5 Å². The summed E-state index contributed by atoms with van der Waals surface area (Å²) in [5.41, 5.74) is 6.93. The largest absolute Gasteiger partial charge is 0.384 e. The summed E-state index contributed by atoms with van der Waals surface area (Å²) in [5.74, 6) is -3.00. The van der Waals surface area contributed by atoms with E-state index in [1.807, 2.05) is 0 Å². The molecule has 1 aromatic heterocycles. The van der Waals surface area contributed by atoms with Crippen LogP contribution in [0.5, 0.6) is 0 Å². The molecule has 0 unspecified atom stereocenters. The molecule has 0 spiro atoms. The number of hydrogen-bond acceptors (Lipinski definition) is 5. The molecule has 0 radical (unpaired) electrons. The molecule has 0 amide bonds. The molecule has 9 heteroatoms. The van der Waals surface area contributed by atoms with Gasteiger partial charge in [-0.05, 0) is 24.3 Å². The van der Waals surface area contributed by atoms with Crippen molar-refractivity contribution in [2.45, 2.75) is 17.2 Å². The molecule has 0 bridgehead atoms. The van der Waals surface area contributed by atoms with Gasteiger partial charge in [0.05, 0.1) is 11.1 Å². The number of nitrogens with zero attached hydrogens (tertiary/aromatic N) is 1. The Hall–Kier alpha value is -2.16. The average Bonchev–Trinajstić information content (AvgIpc) is 2.82. The number of aromatic nitrogens is 2. The zero-order valence-electron chi connectivity index (χ0n) is 10.2. The molecule has 4 N–H and O–H groups in total. The summed E-state index contributed by atoms with van der Waals surface area (Å²) < 4.78 is 47.2. The Morgan fingerprint density at radius 2 is 1.95 bits per heavy atom. The summed E-state index contributed by atoms with van der Waals surface area (Å²) in [7, 11) is -4.55. The molecular formula is C11H12F2N4O2S. The summed E-state index contributed by atoms with van der Waals surface area (Å²) in [4.78, 5) is -0.416. The van der Waals surface area contributed by atoms with Crippen LogP contribution >= 0.6 is 0 Å². The van der Waals surface area contributed by atoms with Gasteiger partial charge in [-0.25, -0.2) is 8.42 Å². The van der Waals surface area contributed by atoms with Crippen LogP contribution in [-0.4, -0.2) is 24.4 Å². The summed E-state index contributed by atoms with van der Waals surface area (Å²) in [6, 6.07) is 5.07. The zero-order chi connectivity index (χ0) is 14.8. The molecule has 0 aliphatic carbocycles. The first-order valence-electron chi connectivity index (χ1n) is 5.55. The smallest absolute Gasteiger partial charge is 0.341 e. The Kier molecular flexibility index (Phi) is 3.89. The topological polar surface area (TPSA) is 101 Å². The molecule has 20 heavy (non-hydrogen) atoms. The van der Waals surface area contributed by atoms with E-state index in [-0.39, 0.29) is 0 Å². The molecule has 0 saturated carbocycles. The van der Waals surface area contributed by atoms with Crippen molar-refractivity contribution in [3.63, 3.8) is 0 Å². The van der Waals surface area contributed by atoms with Crippen LogP contribution in [0.15, 0.2) is 35.4 Å². The summed E-state index contributed by atoms with van der Waals surface area (Å²) in [6.45, 7) is 0.378. The third-order valence-corrected chi connectivity index (χ3v) is 4.05. The normalized spacial score (nSPS) is 11.8. The van der Waals surface area contributed by atoms with Crippen LogP contribution in [0.3, 0.4) is 0 Å². The van der Waals surface area contributed by atoms with E-state index >= 15 is 0 Å². The molecule has 2 rings (SSSR count). The highest BCUT2D eigenvalue weighted by molar-refractivity contribution is 7.91. The third-order valence-electron chi connectivity index (χ3n) is 2.65. The number of rotatable bonds is 5. The van der Waals surface area contributed by atoms with Crippen LogP contribution in [0.4, 0.5) is 20.3 Å². The van der Waals surface area contributed by atoms with Crippen LogP contribution in [0, 0.1) is 0 Å². The van der Waals surface area contributed by atoms with Crippen LogP contribution in [0.25, 0.3) is 0 Å². The van der Waals surface area contributed by atoms with Crippen molar-refractivity contribution in [1.29, 1.82) is 0 Å². The molecule has 0 atom stereocenters. The number of benzene rings is 1. The second kappa shape index (κ2) is 5.45. The molecule has 108 valence electrons. The van der Waals surface area contributed by atoms with Crippen LogP contribution < -0.4 is 11.1 Å². The van der Waals surface area contributed by atoms with Gasteiger partial charge in [0.15, 0.2) is 0 Å². The average molecular weight is 302 g/mol. The van der Waals surface area contributed by atoms with Crippen molar-refractivity contribution in [1.82, 2.24) is 10.2 Å². The number of hydrogen-bond donors (Lipinski definition) is 3. The first kappa shape index (κ1) is 14.3. The molecule has 2 aromatic rings. The van der Waals surface area contributed by atoms with Gasteiger partial charge in [0.2, 0.25) is 9.84 Å². The van der Waals surface area contributed by atoms with Gasteiger partial charge in [-0.3, -0.25) is 5.10 Å². The van der Waals surface area contributed by atoms with Gasteiger partial charge in [-0.2, -0.15) is 13.9 Å². The van der Waals surface area contributed by atoms with Gasteiger partial charge in [0, 0.05) is 17.8 Å². The number of H-pyrrole nitrogens is 1. The second-order valence-corrected chi connectivity index (χ2v) is 5.91. The highest BCUT2D eigenvalue weighted by Crippen LogP contribution is 2.20. The summed E-state index contributed by atoms with van der Waals surface area (Å²) in [5, 5.41) is 9.29. The Bertz CT molecular complexity index is 683. The van der Waals surface area contributed by atoms with Crippen molar-refractivity contribution in [3.8, 4) is 0 Å². The highest BCUT2D eigenvalue weighted by Gasteiger charge is 2.26. The fraction of sp³-hybridized carbons (Fsp3) is 0.182. The fourth-order valence-corrected chi connectivity index (χ4v) is 2.25. The highest BCUT2D eigenvalue weighted by atomic mass is 32.2. The van der Waals surface area contributed by atoms with E-state index in [2.05, 4.69) is 15.5 Å². The minimum absolute atomic E-state index is 0.378. The minimum Gasteiger partial charge on any atom is -0.384 e. The van der Waals surface area contributed by atoms with Gasteiger partial charge in [-0.15, -0.1) is 0 Å². The first-order valence-corrected chi connectivity index (χ1v) is 7.09. The van der Waals surface area contributed by atoms with Gasteiger partial charge in [0.1, 0.15) is 5.82 Å². The monoisotopic (exact) mass is 302 g/mol. The van der Waals surface area contributed by atoms with E-state index in [1.54, 1.807) is 6.20 Å². The van der Waals surface area contributed by atoms with Gasteiger partial charge < -0.3 is 11.1 Å². The molecule has 1 heterocycles. The molecule has 0 aliphatic rings. The van der Waals surface area contributed by atoms with Crippen molar-refractivity contribution in [2.24, 2.45) is 0 Å². The van der Waals surface area contributed by atoms with Crippen molar-refractivity contribution in [2.75, 3.05) is 11.1 Å². The summed E-state index contributed by atoms with van der Waals surface area (Å²) in [6.07, 6.45) is 1.55. The molecule has 6 nitrogen and oxygen atoms in total. The molecule has 1 aromatic carbocycles. The van der Waals surface area contributed by atoms with Gasteiger partial charge >= 0.3 is 5.76 Å². The first-order chi connectivity index (χ1) is 9.41. The van der Waals surface area contributed by atoms with E-state index in [4.69, 9.17) is 5.73 Å². The van der Waals surface area contributed by atoms with E-state index in [1.165, 1.54) is 12.1 Å². The summed E-state index contributed by atoms with van der Waals surface area (Å²) >= 11 is 0. The number of nitrogen functional groups attached to an aromatic ring is 1. The molecular weight excluding hydrogens is 290 g/mol. The minimum atomic E-state index is -4.55.